The lowest BCUT2D eigenvalue weighted by atomic mass is 9.86. The first kappa shape index (κ1) is 29.3. The molecule has 0 atom stereocenters. The van der Waals surface area contributed by atoms with E-state index in [9.17, 15) is 18.3 Å². The van der Waals surface area contributed by atoms with Crippen molar-refractivity contribution in [1.82, 2.24) is 24.5 Å². The van der Waals surface area contributed by atoms with Crippen LogP contribution in [-0.4, -0.2) is 57.3 Å². The van der Waals surface area contributed by atoms with Crippen LogP contribution in [0.5, 0.6) is 5.75 Å². The zero-order valence-electron chi connectivity index (χ0n) is 24.7. The van der Waals surface area contributed by atoms with Gasteiger partial charge in [-0.05, 0) is 60.6 Å². The van der Waals surface area contributed by atoms with Gasteiger partial charge < -0.3 is 19.7 Å². The minimum Gasteiger partial charge on any atom is -0.492 e. The van der Waals surface area contributed by atoms with Crippen LogP contribution in [0, 0.1) is 6.92 Å². The number of rotatable bonds is 8. The highest BCUT2D eigenvalue weighted by molar-refractivity contribution is 7.92. The fourth-order valence-electron chi connectivity index (χ4n) is 4.76. The van der Waals surface area contributed by atoms with E-state index in [1.165, 1.54) is 7.11 Å². The quantitative estimate of drug-likeness (QED) is 0.278. The van der Waals surface area contributed by atoms with E-state index in [0.717, 1.165) is 17.4 Å². The summed E-state index contributed by atoms with van der Waals surface area (Å²) in [6.45, 7) is 7.87. The van der Waals surface area contributed by atoms with Crippen molar-refractivity contribution in [3.63, 3.8) is 0 Å². The van der Waals surface area contributed by atoms with Crippen LogP contribution in [0.15, 0.2) is 42.7 Å². The van der Waals surface area contributed by atoms with Gasteiger partial charge in [0.1, 0.15) is 17.1 Å². The van der Waals surface area contributed by atoms with E-state index in [4.69, 9.17) is 4.74 Å². The highest BCUT2D eigenvalue weighted by atomic mass is 32.2. The van der Waals surface area contributed by atoms with E-state index in [0.29, 0.717) is 47.0 Å². The standard InChI is InChI=1S/C29H35N7O5S/c1-17-8-9-18(12-23(17)36-16-22(32-34-36)24-15-30-27(35(24)5)29(38)10-11-29)26(37)31-20-13-19(28(2,3)4)14-21(25(20)41-6)33-42(7,39)40/h8-9,12-16,33,38H,10-11H2,1-7H3,(H,31,37). The number of hydrogen-bond acceptors (Lipinski definition) is 8. The van der Waals surface area contributed by atoms with Gasteiger partial charge in [0, 0.05) is 12.6 Å². The van der Waals surface area contributed by atoms with Crippen molar-refractivity contribution in [3.8, 4) is 22.8 Å². The van der Waals surface area contributed by atoms with Gasteiger partial charge in [-0.2, -0.15) is 0 Å². The largest absolute Gasteiger partial charge is 0.492 e. The molecule has 0 aliphatic heterocycles. The molecule has 4 aromatic rings. The number of sulfonamides is 1. The normalized spacial score (nSPS) is 14.5. The molecule has 222 valence electrons. The number of hydrogen-bond donors (Lipinski definition) is 3. The minimum absolute atomic E-state index is 0.196. The third-order valence-corrected chi connectivity index (χ3v) is 7.90. The molecule has 2 aromatic carbocycles. The maximum atomic E-state index is 13.5. The topological polar surface area (TPSA) is 153 Å². The summed E-state index contributed by atoms with van der Waals surface area (Å²) in [7, 11) is -0.360. The molecule has 1 aliphatic carbocycles. The molecule has 1 fully saturated rings. The van der Waals surface area contributed by atoms with Crippen molar-refractivity contribution in [2.45, 2.75) is 51.6 Å². The number of carbonyl (C=O) groups is 1. The Labute approximate surface area is 244 Å². The maximum absolute atomic E-state index is 13.5. The first-order valence-corrected chi connectivity index (χ1v) is 15.3. The van der Waals surface area contributed by atoms with Crippen LogP contribution in [0.2, 0.25) is 0 Å². The van der Waals surface area contributed by atoms with E-state index in [-0.39, 0.29) is 16.9 Å². The highest BCUT2D eigenvalue weighted by Crippen LogP contribution is 2.45. The molecule has 42 heavy (non-hydrogen) atoms. The molecule has 0 radical (unpaired) electrons. The summed E-state index contributed by atoms with van der Waals surface area (Å²) in [5.74, 6) is 0.379. The van der Waals surface area contributed by atoms with Gasteiger partial charge in [-0.25, -0.2) is 18.1 Å². The van der Waals surface area contributed by atoms with Crippen LogP contribution in [0.3, 0.4) is 0 Å². The predicted molar refractivity (Wildman–Crippen MR) is 160 cm³/mol. The number of amides is 1. The van der Waals surface area contributed by atoms with Gasteiger partial charge in [-0.1, -0.05) is 32.1 Å². The van der Waals surface area contributed by atoms with Crippen LogP contribution in [-0.2, 0) is 28.1 Å². The maximum Gasteiger partial charge on any atom is 0.255 e. The van der Waals surface area contributed by atoms with Gasteiger partial charge in [0.25, 0.3) is 5.91 Å². The predicted octanol–water partition coefficient (Wildman–Crippen LogP) is 3.89. The first-order valence-electron chi connectivity index (χ1n) is 13.4. The molecular formula is C29H35N7O5S. The molecule has 0 spiro atoms. The van der Waals surface area contributed by atoms with Crippen LogP contribution in [0.4, 0.5) is 11.4 Å². The van der Waals surface area contributed by atoms with Gasteiger partial charge in [0.2, 0.25) is 10.0 Å². The van der Waals surface area contributed by atoms with Crippen molar-refractivity contribution in [2.75, 3.05) is 23.4 Å². The van der Waals surface area contributed by atoms with Gasteiger partial charge in [-0.3, -0.25) is 9.52 Å². The van der Waals surface area contributed by atoms with Crippen LogP contribution >= 0.6 is 0 Å². The lowest BCUT2D eigenvalue weighted by molar-refractivity contribution is 0.102. The van der Waals surface area contributed by atoms with Crippen molar-refractivity contribution >= 4 is 27.3 Å². The number of imidazole rings is 1. The molecule has 3 N–H and O–H groups in total. The third kappa shape index (κ3) is 5.74. The first-order chi connectivity index (χ1) is 19.6. The van der Waals surface area contributed by atoms with Crippen LogP contribution in [0.25, 0.3) is 17.1 Å². The lowest BCUT2D eigenvalue weighted by Gasteiger charge is -2.24. The van der Waals surface area contributed by atoms with Crippen molar-refractivity contribution in [1.29, 1.82) is 0 Å². The second kappa shape index (κ2) is 10.2. The molecule has 0 unspecified atom stereocenters. The number of benzene rings is 2. The molecular weight excluding hydrogens is 558 g/mol. The van der Waals surface area contributed by atoms with Gasteiger partial charge in [-0.15, -0.1) is 5.10 Å². The smallest absolute Gasteiger partial charge is 0.255 e. The fraction of sp³-hybridized carbons (Fsp3) is 0.379. The molecule has 13 heteroatoms. The molecule has 0 bridgehead atoms. The highest BCUT2D eigenvalue weighted by Gasteiger charge is 2.46. The molecule has 2 aromatic heterocycles. The average Bonchev–Trinajstić information content (AvgIpc) is 3.27. The summed E-state index contributed by atoms with van der Waals surface area (Å²) < 4.78 is 35.6. The summed E-state index contributed by atoms with van der Waals surface area (Å²) >= 11 is 0. The molecule has 12 nitrogen and oxygen atoms in total. The molecule has 1 aliphatic rings. The Balaban J connectivity index is 1.47. The Bertz CT molecular complexity index is 1800. The number of aryl methyl sites for hydroxylation is 1. The summed E-state index contributed by atoms with van der Waals surface area (Å²) in [6.07, 6.45) is 5.84. The second-order valence-corrected chi connectivity index (χ2v) is 13.5. The molecule has 2 heterocycles. The average molecular weight is 594 g/mol. The SMILES string of the molecule is COc1c(NC(=O)c2ccc(C)c(-n3cc(-c4cnc(C5(O)CC5)n4C)nn3)c2)cc(C(C)(C)C)cc1NS(C)(=O)=O. The van der Waals surface area contributed by atoms with Crippen molar-refractivity contribution < 1.29 is 23.1 Å². The number of ether oxygens (including phenoxy) is 1. The van der Waals surface area contributed by atoms with E-state index >= 15 is 0 Å². The van der Waals surface area contributed by atoms with Crippen molar-refractivity contribution in [3.05, 3.63) is 65.2 Å². The number of methoxy groups -OCH3 is 1. The monoisotopic (exact) mass is 593 g/mol. The van der Waals surface area contributed by atoms with E-state index in [1.54, 1.807) is 41.3 Å². The molecule has 5 rings (SSSR count). The number of nitrogens with zero attached hydrogens (tertiary/aromatic N) is 5. The number of carbonyl (C=O) groups excluding carboxylic acids is 1. The summed E-state index contributed by atoms with van der Waals surface area (Å²) in [5.41, 5.74) is 3.31. The summed E-state index contributed by atoms with van der Waals surface area (Å²) in [4.78, 5) is 17.9. The van der Waals surface area contributed by atoms with Crippen molar-refractivity contribution in [2.24, 2.45) is 7.05 Å². The molecule has 0 saturated heterocycles. The summed E-state index contributed by atoms with van der Waals surface area (Å²) in [6, 6.07) is 8.71. The van der Waals surface area contributed by atoms with E-state index in [1.807, 2.05) is 45.4 Å². The van der Waals surface area contributed by atoms with Gasteiger partial charge in [0.05, 0.1) is 48.5 Å². The van der Waals surface area contributed by atoms with Crippen LogP contribution < -0.4 is 14.8 Å². The number of aliphatic hydroxyl groups is 1. The Kier molecular flexibility index (Phi) is 7.14. The Morgan fingerprint density at radius 1 is 1.14 bits per heavy atom. The van der Waals surface area contributed by atoms with Crippen LogP contribution in [0.1, 0.15) is 60.9 Å². The fourth-order valence-corrected chi connectivity index (χ4v) is 5.31. The third-order valence-electron chi connectivity index (χ3n) is 7.30. The number of nitrogens with one attached hydrogen (secondary N) is 2. The number of aromatic nitrogens is 5. The minimum atomic E-state index is -3.61. The molecule has 1 saturated carbocycles. The Morgan fingerprint density at radius 2 is 1.83 bits per heavy atom. The zero-order valence-corrected chi connectivity index (χ0v) is 25.5. The Hall–Kier alpha value is -4.23. The van der Waals surface area contributed by atoms with E-state index in [2.05, 4.69) is 25.3 Å². The summed E-state index contributed by atoms with van der Waals surface area (Å²) in [5, 5.41) is 22.0. The second-order valence-electron chi connectivity index (χ2n) is 11.8. The Morgan fingerprint density at radius 3 is 2.45 bits per heavy atom. The van der Waals surface area contributed by atoms with E-state index < -0.39 is 21.5 Å². The van der Waals surface area contributed by atoms with Gasteiger partial charge >= 0.3 is 0 Å². The number of anilines is 2. The zero-order chi connectivity index (χ0) is 30.6. The van der Waals surface area contributed by atoms with Gasteiger partial charge in [0.15, 0.2) is 5.75 Å². The molecule has 1 amide bonds. The lowest BCUT2D eigenvalue weighted by Crippen LogP contribution is -2.18.